The summed E-state index contributed by atoms with van der Waals surface area (Å²) >= 11 is 1.60. The fraction of sp³-hybridized carbons (Fsp3) is 0.375. The number of hydrogen-bond donors (Lipinski definition) is 1. The number of rotatable bonds is 6. The van der Waals surface area contributed by atoms with Crippen molar-refractivity contribution in [3.05, 3.63) is 70.8 Å². The number of fused-ring (bicyclic) bond motifs is 6. The third-order valence-corrected chi connectivity index (χ3v) is 10.6. The fourth-order valence-electron chi connectivity index (χ4n) is 8.08. The van der Waals surface area contributed by atoms with Gasteiger partial charge >= 0.3 is 6.36 Å². The SMILES string of the molecule is COc1ccc([C@H]2[C@@H]3CSCN3[C@@]3(C(=O)Nc4ccc(OC(F)(F)F)cc43)[C@@]23Cc2cc(OC)c(OC)cc2C3=O)cc1OC. The third kappa shape index (κ3) is 3.92. The molecule has 236 valence electrons. The smallest absolute Gasteiger partial charge is 0.493 e. The average Bonchev–Trinajstić information content (AvgIpc) is 3.73. The van der Waals surface area contributed by atoms with Crippen LogP contribution in [0.3, 0.4) is 0 Å². The highest BCUT2D eigenvalue weighted by molar-refractivity contribution is 7.99. The summed E-state index contributed by atoms with van der Waals surface area (Å²) in [5.41, 5.74) is -0.789. The Morgan fingerprint density at radius 1 is 0.889 bits per heavy atom. The van der Waals surface area contributed by atoms with Gasteiger partial charge in [0.2, 0.25) is 0 Å². The van der Waals surface area contributed by atoms with Crippen molar-refractivity contribution in [3.8, 4) is 28.7 Å². The summed E-state index contributed by atoms with van der Waals surface area (Å²) in [6, 6.07) is 12.3. The lowest BCUT2D eigenvalue weighted by Gasteiger charge is -2.44. The number of thioether (sulfide) groups is 1. The molecule has 0 aromatic heterocycles. The molecule has 1 amide bonds. The van der Waals surface area contributed by atoms with Gasteiger partial charge in [-0.3, -0.25) is 14.5 Å². The lowest BCUT2D eigenvalue weighted by molar-refractivity contribution is -0.274. The second-order valence-corrected chi connectivity index (χ2v) is 12.4. The number of halogens is 3. The molecule has 0 unspecified atom stereocenters. The quantitative estimate of drug-likeness (QED) is 0.381. The highest BCUT2D eigenvalue weighted by atomic mass is 32.2. The van der Waals surface area contributed by atoms with E-state index in [4.69, 9.17) is 18.9 Å². The molecule has 9 nitrogen and oxygen atoms in total. The van der Waals surface area contributed by atoms with Gasteiger partial charge in [0.25, 0.3) is 5.91 Å². The molecule has 2 saturated heterocycles. The summed E-state index contributed by atoms with van der Waals surface area (Å²) in [6.45, 7) is 0. The maximum absolute atomic E-state index is 15.2. The lowest BCUT2D eigenvalue weighted by Crippen LogP contribution is -2.58. The van der Waals surface area contributed by atoms with E-state index in [-0.39, 0.29) is 23.8 Å². The Bertz CT molecular complexity index is 1750. The minimum Gasteiger partial charge on any atom is -0.493 e. The van der Waals surface area contributed by atoms with E-state index in [1.54, 1.807) is 30.0 Å². The van der Waals surface area contributed by atoms with E-state index in [9.17, 15) is 18.0 Å². The summed E-state index contributed by atoms with van der Waals surface area (Å²) in [5, 5.41) is 2.92. The van der Waals surface area contributed by atoms with E-state index < -0.39 is 34.9 Å². The van der Waals surface area contributed by atoms with Crippen LogP contribution >= 0.6 is 11.8 Å². The van der Waals surface area contributed by atoms with Crippen LogP contribution < -0.4 is 29.0 Å². The van der Waals surface area contributed by atoms with Gasteiger partial charge in [-0.2, -0.15) is 0 Å². The van der Waals surface area contributed by atoms with E-state index in [1.807, 2.05) is 17.0 Å². The monoisotopic (exact) mass is 642 g/mol. The summed E-state index contributed by atoms with van der Waals surface area (Å²) in [6.07, 6.45) is -4.83. The predicted octanol–water partition coefficient (Wildman–Crippen LogP) is 5.36. The molecule has 3 heterocycles. The maximum Gasteiger partial charge on any atom is 0.573 e. The molecule has 3 aromatic carbocycles. The van der Waals surface area contributed by atoms with Gasteiger partial charge < -0.3 is 29.0 Å². The van der Waals surface area contributed by atoms with Crippen LogP contribution in [0.5, 0.6) is 28.7 Å². The van der Waals surface area contributed by atoms with Crippen LogP contribution in [0.15, 0.2) is 48.5 Å². The van der Waals surface area contributed by atoms with E-state index in [2.05, 4.69) is 10.1 Å². The standard InChI is InChI=1S/C32H29F3N2O7S/c1-40-23-8-5-16(9-24(23)41-2)27-22-14-45-15-37(22)31(20-11-18(44-32(33,34)35)6-7-21(20)36-29(31)39)30(27)13-17-10-25(42-3)26(43-4)12-19(17)28(30)38/h5-12,22,27H,13-15H2,1-4H3,(H,36,39)/t22-,27-,30-,31-/m0/s1. The second-order valence-electron chi connectivity index (χ2n) is 11.4. The summed E-state index contributed by atoms with van der Waals surface area (Å²) in [7, 11) is 6.01. The summed E-state index contributed by atoms with van der Waals surface area (Å²) in [4.78, 5) is 31.9. The normalized spacial score (nSPS) is 26.6. The van der Waals surface area contributed by atoms with Crippen molar-refractivity contribution in [1.29, 1.82) is 0 Å². The van der Waals surface area contributed by atoms with Crippen molar-refractivity contribution < 1.29 is 46.4 Å². The summed E-state index contributed by atoms with van der Waals surface area (Å²) in [5.74, 6) is 0.850. The second kappa shape index (κ2) is 10.2. The number of Topliss-reactive ketones (excluding diaryl/α,β-unsaturated/α-hetero) is 1. The Balaban J connectivity index is 1.54. The molecule has 0 radical (unpaired) electrons. The van der Waals surface area contributed by atoms with Gasteiger partial charge in [-0.05, 0) is 60.0 Å². The molecule has 2 spiro atoms. The predicted molar refractivity (Wildman–Crippen MR) is 159 cm³/mol. The fourth-order valence-corrected chi connectivity index (χ4v) is 9.38. The third-order valence-electron chi connectivity index (χ3n) is 9.60. The zero-order valence-corrected chi connectivity index (χ0v) is 25.6. The largest absolute Gasteiger partial charge is 0.573 e. The van der Waals surface area contributed by atoms with Crippen LogP contribution in [-0.2, 0) is 16.8 Å². The molecule has 2 fully saturated rings. The van der Waals surface area contributed by atoms with Gasteiger partial charge in [-0.25, -0.2) is 0 Å². The average molecular weight is 643 g/mol. The van der Waals surface area contributed by atoms with Gasteiger partial charge in [-0.1, -0.05) is 6.07 Å². The van der Waals surface area contributed by atoms with Gasteiger partial charge in [0.1, 0.15) is 11.3 Å². The molecular formula is C32H29F3N2O7S. The van der Waals surface area contributed by atoms with Crippen molar-refractivity contribution in [3.63, 3.8) is 0 Å². The first-order valence-corrected chi connectivity index (χ1v) is 15.3. The Morgan fingerprint density at radius 2 is 1.58 bits per heavy atom. The molecule has 1 aliphatic carbocycles. The van der Waals surface area contributed by atoms with Crippen LogP contribution in [0.4, 0.5) is 18.9 Å². The van der Waals surface area contributed by atoms with Crippen LogP contribution in [0.2, 0.25) is 0 Å². The number of nitrogens with zero attached hydrogens (tertiary/aromatic N) is 1. The number of carbonyl (C=O) groups is 2. The first-order valence-electron chi connectivity index (χ1n) is 14.1. The zero-order valence-electron chi connectivity index (χ0n) is 24.7. The van der Waals surface area contributed by atoms with Crippen LogP contribution in [0, 0.1) is 5.41 Å². The van der Waals surface area contributed by atoms with Crippen LogP contribution in [-0.4, -0.2) is 69.1 Å². The molecule has 13 heteroatoms. The van der Waals surface area contributed by atoms with Crippen molar-refractivity contribution in [2.45, 2.75) is 30.3 Å². The molecule has 0 saturated carbocycles. The van der Waals surface area contributed by atoms with Gasteiger partial charge in [0.15, 0.2) is 28.8 Å². The molecule has 4 aliphatic rings. The number of ether oxygens (including phenoxy) is 5. The van der Waals surface area contributed by atoms with E-state index in [0.717, 1.165) is 11.6 Å². The molecule has 7 rings (SSSR count). The minimum absolute atomic E-state index is 0.120. The minimum atomic E-state index is -4.95. The Hall–Kier alpha value is -4.10. The number of carbonyl (C=O) groups excluding carboxylic acids is 2. The molecular weight excluding hydrogens is 613 g/mol. The highest BCUT2D eigenvalue weighted by Crippen LogP contribution is 2.71. The topological polar surface area (TPSA) is 95.6 Å². The van der Waals surface area contributed by atoms with Crippen molar-refractivity contribution in [1.82, 2.24) is 4.90 Å². The highest BCUT2D eigenvalue weighted by Gasteiger charge is 2.79. The van der Waals surface area contributed by atoms with Crippen LogP contribution in [0.25, 0.3) is 0 Å². The van der Waals surface area contributed by atoms with Gasteiger partial charge in [0, 0.05) is 40.4 Å². The number of alkyl halides is 3. The Labute approximate surface area is 260 Å². The summed E-state index contributed by atoms with van der Waals surface area (Å²) < 4.78 is 66.8. The van der Waals surface area contributed by atoms with Crippen molar-refractivity contribution in [2.24, 2.45) is 5.41 Å². The number of hydrogen-bond acceptors (Lipinski definition) is 9. The lowest BCUT2D eigenvalue weighted by atomic mass is 9.58. The number of nitrogens with one attached hydrogen (secondary N) is 1. The van der Waals surface area contributed by atoms with Crippen molar-refractivity contribution in [2.75, 3.05) is 45.4 Å². The molecule has 3 aliphatic heterocycles. The zero-order chi connectivity index (χ0) is 31.9. The molecule has 4 atom stereocenters. The molecule has 3 aromatic rings. The molecule has 45 heavy (non-hydrogen) atoms. The maximum atomic E-state index is 15.2. The van der Waals surface area contributed by atoms with E-state index >= 15 is 4.79 Å². The van der Waals surface area contributed by atoms with E-state index in [1.165, 1.54) is 40.6 Å². The number of anilines is 1. The molecule has 1 N–H and O–H groups in total. The van der Waals surface area contributed by atoms with Crippen LogP contribution in [0.1, 0.15) is 33.0 Å². The number of benzene rings is 3. The molecule has 0 bridgehead atoms. The first kappa shape index (κ1) is 29.6. The van der Waals surface area contributed by atoms with Gasteiger partial charge in [0.05, 0.1) is 33.9 Å². The number of amides is 1. The Kier molecular flexibility index (Phi) is 6.72. The van der Waals surface area contributed by atoms with Gasteiger partial charge in [-0.15, -0.1) is 24.9 Å². The first-order chi connectivity index (χ1) is 21.5. The number of methoxy groups -OCH3 is 4. The van der Waals surface area contributed by atoms with Crippen molar-refractivity contribution >= 4 is 29.1 Å². The Morgan fingerprint density at radius 3 is 2.27 bits per heavy atom. The number of ketones is 1. The van der Waals surface area contributed by atoms with E-state index in [0.29, 0.717) is 51.4 Å².